The molecule has 1 aromatic carbocycles. The van der Waals surface area contributed by atoms with Crippen molar-refractivity contribution >= 4 is 27.6 Å². The minimum absolute atomic E-state index is 0.258. The van der Waals surface area contributed by atoms with Crippen LogP contribution >= 0.6 is 15.9 Å². The molecule has 0 atom stereocenters. The number of halogens is 2. The lowest BCUT2D eigenvalue weighted by atomic mass is 9.95. The lowest BCUT2D eigenvalue weighted by Gasteiger charge is -2.24. The van der Waals surface area contributed by atoms with Crippen LogP contribution in [0.5, 0.6) is 0 Å². The van der Waals surface area contributed by atoms with Crippen molar-refractivity contribution in [2.24, 2.45) is 0 Å². The van der Waals surface area contributed by atoms with Gasteiger partial charge in [0.2, 0.25) is 5.95 Å². The van der Waals surface area contributed by atoms with Gasteiger partial charge in [0.1, 0.15) is 5.82 Å². The largest absolute Gasteiger partial charge is 0.324 e. The van der Waals surface area contributed by atoms with E-state index in [2.05, 4.69) is 30.8 Å². The van der Waals surface area contributed by atoms with Gasteiger partial charge in [-0.1, -0.05) is 19.3 Å². The monoisotopic (exact) mass is 337 g/mol. The molecule has 0 aliphatic heterocycles. The summed E-state index contributed by atoms with van der Waals surface area (Å²) in [6.07, 6.45) is 10.0. The van der Waals surface area contributed by atoms with Gasteiger partial charge in [0.25, 0.3) is 0 Å². The molecule has 1 aliphatic carbocycles. The molecule has 1 saturated carbocycles. The topological polar surface area (TPSA) is 29.9 Å². The molecule has 3 nitrogen and oxygen atoms in total. The first-order valence-corrected chi connectivity index (χ1v) is 7.78. The van der Waals surface area contributed by atoms with Crippen molar-refractivity contribution in [1.29, 1.82) is 0 Å². The van der Waals surface area contributed by atoms with E-state index in [1.165, 1.54) is 44.2 Å². The van der Waals surface area contributed by atoms with Gasteiger partial charge in [-0.05, 0) is 47.0 Å². The summed E-state index contributed by atoms with van der Waals surface area (Å²) in [6, 6.07) is 5.11. The number of imidazole rings is 1. The Balaban J connectivity index is 1.84. The molecule has 1 fully saturated rings. The summed E-state index contributed by atoms with van der Waals surface area (Å²) in [5.41, 5.74) is 0.702. The number of hydrogen-bond acceptors (Lipinski definition) is 2. The Labute approximate surface area is 126 Å². The zero-order valence-corrected chi connectivity index (χ0v) is 12.7. The normalized spacial score (nSPS) is 16.3. The zero-order valence-electron chi connectivity index (χ0n) is 11.1. The number of benzene rings is 1. The Hall–Kier alpha value is -1.36. The van der Waals surface area contributed by atoms with Crippen LogP contribution in [0, 0.1) is 5.82 Å². The van der Waals surface area contributed by atoms with Gasteiger partial charge in [-0.2, -0.15) is 0 Å². The number of nitrogens with one attached hydrogen (secondary N) is 1. The molecule has 1 N–H and O–H groups in total. The van der Waals surface area contributed by atoms with Crippen LogP contribution in [0.2, 0.25) is 0 Å². The molecule has 5 heteroatoms. The Kier molecular flexibility index (Phi) is 4.05. The molecule has 0 amide bonds. The summed E-state index contributed by atoms with van der Waals surface area (Å²) in [5, 5.41) is 3.22. The number of nitrogens with zero attached hydrogens (tertiary/aromatic N) is 2. The van der Waals surface area contributed by atoms with Crippen LogP contribution in [0.3, 0.4) is 0 Å². The fourth-order valence-electron chi connectivity index (χ4n) is 2.78. The summed E-state index contributed by atoms with van der Waals surface area (Å²) in [6.45, 7) is 0. The van der Waals surface area contributed by atoms with Crippen LogP contribution in [0.25, 0.3) is 0 Å². The number of anilines is 2. The van der Waals surface area contributed by atoms with Gasteiger partial charge in [-0.25, -0.2) is 9.37 Å². The van der Waals surface area contributed by atoms with E-state index in [0.29, 0.717) is 11.7 Å². The minimum Gasteiger partial charge on any atom is -0.324 e. The van der Waals surface area contributed by atoms with Crippen LogP contribution in [-0.4, -0.2) is 9.55 Å². The summed E-state index contributed by atoms with van der Waals surface area (Å²) in [4.78, 5) is 4.37. The van der Waals surface area contributed by atoms with Gasteiger partial charge < -0.3 is 9.88 Å². The molecule has 106 valence electrons. The summed E-state index contributed by atoms with van der Waals surface area (Å²) >= 11 is 3.43. The molecular formula is C15H17BrFN3. The van der Waals surface area contributed by atoms with Crippen molar-refractivity contribution in [3.63, 3.8) is 0 Å². The van der Waals surface area contributed by atoms with E-state index in [9.17, 15) is 4.39 Å². The predicted octanol–water partition coefficient (Wildman–Crippen LogP) is 5.03. The average molecular weight is 338 g/mol. The molecule has 0 spiro atoms. The second kappa shape index (κ2) is 5.95. The highest BCUT2D eigenvalue weighted by molar-refractivity contribution is 9.10. The van der Waals surface area contributed by atoms with E-state index in [4.69, 9.17) is 0 Å². The van der Waals surface area contributed by atoms with Crippen molar-refractivity contribution in [3.05, 3.63) is 40.9 Å². The highest BCUT2D eigenvalue weighted by atomic mass is 79.9. The highest BCUT2D eigenvalue weighted by Gasteiger charge is 2.18. The molecule has 20 heavy (non-hydrogen) atoms. The molecular weight excluding hydrogens is 321 g/mol. The van der Waals surface area contributed by atoms with Gasteiger partial charge in [-0.15, -0.1) is 0 Å². The van der Waals surface area contributed by atoms with Gasteiger partial charge in [0.15, 0.2) is 0 Å². The standard InChI is InChI=1S/C15H17BrFN3/c16-13-7-6-11(17)10-14(13)19-15-18-8-9-20(15)12-4-2-1-3-5-12/h6-10,12H,1-5H2,(H,18,19). The van der Waals surface area contributed by atoms with Crippen molar-refractivity contribution in [3.8, 4) is 0 Å². The van der Waals surface area contributed by atoms with E-state index in [1.54, 1.807) is 12.3 Å². The molecule has 0 saturated heterocycles. The lowest BCUT2D eigenvalue weighted by Crippen LogP contribution is -2.14. The van der Waals surface area contributed by atoms with Crippen LogP contribution in [0.1, 0.15) is 38.1 Å². The zero-order chi connectivity index (χ0) is 13.9. The fourth-order valence-corrected chi connectivity index (χ4v) is 3.12. The van der Waals surface area contributed by atoms with Crippen molar-refractivity contribution in [1.82, 2.24) is 9.55 Å². The van der Waals surface area contributed by atoms with Crippen molar-refractivity contribution in [2.45, 2.75) is 38.1 Å². The Bertz CT molecular complexity index is 591. The minimum atomic E-state index is -0.258. The van der Waals surface area contributed by atoms with E-state index in [1.807, 2.05) is 6.20 Å². The van der Waals surface area contributed by atoms with Crippen molar-refractivity contribution in [2.75, 3.05) is 5.32 Å². The summed E-state index contributed by atoms with van der Waals surface area (Å²) < 4.78 is 16.4. The van der Waals surface area contributed by atoms with Gasteiger partial charge in [0, 0.05) is 22.9 Å². The van der Waals surface area contributed by atoms with Crippen molar-refractivity contribution < 1.29 is 4.39 Å². The molecule has 0 radical (unpaired) electrons. The second-order valence-electron chi connectivity index (χ2n) is 5.20. The van der Waals surface area contributed by atoms with Crippen LogP contribution in [0.15, 0.2) is 35.1 Å². The molecule has 3 rings (SSSR count). The first kappa shape index (κ1) is 13.6. The number of hydrogen-bond donors (Lipinski definition) is 1. The predicted molar refractivity (Wildman–Crippen MR) is 81.7 cm³/mol. The Morgan fingerprint density at radius 3 is 2.85 bits per heavy atom. The van der Waals surface area contributed by atoms with Gasteiger partial charge in [0.05, 0.1) is 5.69 Å². The third-order valence-electron chi connectivity index (χ3n) is 3.81. The van der Waals surface area contributed by atoms with Crippen LogP contribution in [-0.2, 0) is 0 Å². The lowest BCUT2D eigenvalue weighted by molar-refractivity contribution is 0.356. The van der Waals surface area contributed by atoms with E-state index in [0.717, 1.165) is 10.4 Å². The van der Waals surface area contributed by atoms with Crippen LogP contribution < -0.4 is 5.32 Å². The van der Waals surface area contributed by atoms with E-state index < -0.39 is 0 Å². The molecule has 0 unspecified atom stereocenters. The second-order valence-corrected chi connectivity index (χ2v) is 6.05. The van der Waals surface area contributed by atoms with Gasteiger partial charge >= 0.3 is 0 Å². The third kappa shape index (κ3) is 2.87. The highest BCUT2D eigenvalue weighted by Crippen LogP contribution is 2.32. The maximum atomic E-state index is 13.3. The SMILES string of the molecule is Fc1ccc(Br)c(Nc2nccn2C2CCCCC2)c1. The first-order valence-electron chi connectivity index (χ1n) is 6.99. The summed E-state index contributed by atoms with van der Waals surface area (Å²) in [7, 11) is 0. The third-order valence-corrected chi connectivity index (χ3v) is 4.50. The number of aromatic nitrogens is 2. The Morgan fingerprint density at radius 1 is 1.25 bits per heavy atom. The maximum absolute atomic E-state index is 13.3. The maximum Gasteiger partial charge on any atom is 0.207 e. The average Bonchev–Trinajstić information content (AvgIpc) is 2.92. The van der Waals surface area contributed by atoms with Crippen LogP contribution in [0.4, 0.5) is 16.0 Å². The number of rotatable bonds is 3. The van der Waals surface area contributed by atoms with E-state index >= 15 is 0 Å². The quantitative estimate of drug-likeness (QED) is 0.850. The van der Waals surface area contributed by atoms with E-state index in [-0.39, 0.29) is 5.82 Å². The summed E-state index contributed by atoms with van der Waals surface area (Å²) in [5.74, 6) is 0.523. The molecule has 0 bridgehead atoms. The first-order chi connectivity index (χ1) is 9.74. The smallest absolute Gasteiger partial charge is 0.207 e. The molecule has 2 aromatic rings. The van der Waals surface area contributed by atoms with Gasteiger partial charge in [-0.3, -0.25) is 0 Å². The Morgan fingerprint density at radius 2 is 2.05 bits per heavy atom. The molecule has 1 aromatic heterocycles. The molecule has 1 heterocycles. The fraction of sp³-hybridized carbons (Fsp3) is 0.400. The molecule has 1 aliphatic rings.